The molecule has 1 aromatic carbocycles. The number of hydrogen-bond acceptors (Lipinski definition) is 6. The Kier molecular flexibility index (Phi) is 5.22. The molecule has 3 heterocycles. The predicted molar refractivity (Wildman–Crippen MR) is 114 cm³/mol. The molecular weight excluding hydrogens is 434 g/mol. The van der Waals surface area contributed by atoms with E-state index in [-0.39, 0.29) is 24.0 Å². The maximum Gasteiger partial charge on any atom is 0.307 e. The zero-order valence-electron chi connectivity index (χ0n) is 15.5. The Hall–Kier alpha value is -2.23. The third-order valence-electron chi connectivity index (χ3n) is 4.85. The van der Waals surface area contributed by atoms with Gasteiger partial charge in [0.05, 0.1) is 39.9 Å². The van der Waals surface area contributed by atoms with Crippen LogP contribution < -0.4 is 0 Å². The lowest BCUT2D eigenvalue weighted by Gasteiger charge is -2.09. The summed E-state index contributed by atoms with van der Waals surface area (Å²) in [5.74, 6) is -0.844. The van der Waals surface area contributed by atoms with Crippen molar-refractivity contribution in [2.45, 2.75) is 25.8 Å². The van der Waals surface area contributed by atoms with Gasteiger partial charge in [0, 0.05) is 5.56 Å². The van der Waals surface area contributed by atoms with Crippen molar-refractivity contribution >= 4 is 60.6 Å². The van der Waals surface area contributed by atoms with Gasteiger partial charge in [0.1, 0.15) is 10.2 Å². The Morgan fingerprint density at radius 2 is 2.17 bits per heavy atom. The molecule has 1 atom stereocenters. The summed E-state index contributed by atoms with van der Waals surface area (Å²) in [6, 6.07) is 7.30. The number of carboxylic acid groups (broad SMARTS) is 1. The van der Waals surface area contributed by atoms with Crippen LogP contribution in [0.3, 0.4) is 0 Å². The van der Waals surface area contributed by atoms with Crippen molar-refractivity contribution in [3.05, 3.63) is 45.7 Å². The van der Waals surface area contributed by atoms with E-state index in [1.165, 1.54) is 11.3 Å². The average molecular weight is 452 g/mol. The third kappa shape index (κ3) is 4.08. The number of halogens is 1. The van der Waals surface area contributed by atoms with Gasteiger partial charge in [-0.3, -0.25) is 4.79 Å². The molecule has 10 heteroatoms. The Bertz CT molecular complexity index is 1210. The lowest BCUT2D eigenvalue weighted by atomic mass is 10.1. The van der Waals surface area contributed by atoms with Crippen LogP contribution in [0, 0.1) is 6.92 Å². The molecule has 1 saturated heterocycles. The van der Waals surface area contributed by atoms with E-state index >= 15 is 0 Å². The number of aliphatic carboxylic acids is 1. The molecule has 0 radical (unpaired) electrons. The summed E-state index contributed by atoms with van der Waals surface area (Å²) in [4.78, 5) is 16.0. The highest BCUT2D eigenvalue weighted by Crippen LogP contribution is 2.34. The Morgan fingerprint density at radius 1 is 1.41 bits per heavy atom. The second-order valence-corrected chi connectivity index (χ2v) is 10.6. The summed E-state index contributed by atoms with van der Waals surface area (Å²) in [7, 11) is -3.08. The lowest BCUT2D eigenvalue weighted by molar-refractivity contribution is -0.135. The van der Waals surface area contributed by atoms with Crippen LogP contribution in [0.2, 0.25) is 5.15 Å². The molecule has 3 aromatic rings. The number of carboxylic acids is 1. The van der Waals surface area contributed by atoms with Crippen molar-refractivity contribution in [2.75, 3.05) is 11.5 Å². The molecule has 0 aliphatic carbocycles. The van der Waals surface area contributed by atoms with E-state index in [0.717, 1.165) is 10.2 Å². The number of benzene rings is 1. The molecule has 1 N–H and O–H groups in total. The lowest BCUT2D eigenvalue weighted by Crippen LogP contribution is -2.12. The molecule has 0 saturated carbocycles. The molecule has 0 amide bonds. The van der Waals surface area contributed by atoms with Crippen LogP contribution in [0.15, 0.2) is 24.3 Å². The van der Waals surface area contributed by atoms with Crippen molar-refractivity contribution < 1.29 is 18.3 Å². The Morgan fingerprint density at radius 3 is 2.83 bits per heavy atom. The molecule has 7 nitrogen and oxygen atoms in total. The highest BCUT2D eigenvalue weighted by molar-refractivity contribution is 7.91. The van der Waals surface area contributed by atoms with E-state index in [0.29, 0.717) is 33.4 Å². The normalized spacial score (nSPS) is 19.1. The molecule has 1 fully saturated rings. The minimum absolute atomic E-state index is 0.0108. The molecule has 4 rings (SSSR count). The highest BCUT2D eigenvalue weighted by Gasteiger charge is 2.32. The number of sulfone groups is 1. The SMILES string of the molecule is Cc1nn(C2CCS(=O)(=O)C2)c(Cl)c1C=C(CC(=O)O)c1nc2ccccc2s1. The van der Waals surface area contributed by atoms with Gasteiger partial charge in [0.25, 0.3) is 0 Å². The van der Waals surface area contributed by atoms with Crippen molar-refractivity contribution in [3.63, 3.8) is 0 Å². The molecular formula is C19H18ClN3O4S2. The summed E-state index contributed by atoms with van der Waals surface area (Å²) in [6.07, 6.45) is 1.96. The van der Waals surface area contributed by atoms with E-state index in [9.17, 15) is 18.3 Å². The van der Waals surface area contributed by atoms with Crippen molar-refractivity contribution in [1.82, 2.24) is 14.8 Å². The van der Waals surface area contributed by atoms with E-state index in [1.54, 1.807) is 17.7 Å². The zero-order valence-corrected chi connectivity index (χ0v) is 17.9. The van der Waals surface area contributed by atoms with E-state index < -0.39 is 15.8 Å². The maximum atomic E-state index is 11.8. The second kappa shape index (κ2) is 7.55. The van der Waals surface area contributed by atoms with E-state index in [4.69, 9.17) is 11.6 Å². The quantitative estimate of drug-likeness (QED) is 0.632. The molecule has 0 bridgehead atoms. The number of carbonyl (C=O) groups is 1. The van der Waals surface area contributed by atoms with Gasteiger partial charge in [-0.25, -0.2) is 18.1 Å². The van der Waals surface area contributed by atoms with Gasteiger partial charge in [-0.05, 0) is 37.1 Å². The zero-order chi connectivity index (χ0) is 20.8. The van der Waals surface area contributed by atoms with Gasteiger partial charge in [0.15, 0.2) is 9.84 Å². The van der Waals surface area contributed by atoms with E-state index in [1.807, 2.05) is 24.3 Å². The highest BCUT2D eigenvalue weighted by atomic mass is 35.5. The minimum Gasteiger partial charge on any atom is -0.481 e. The van der Waals surface area contributed by atoms with Crippen molar-refractivity contribution in [2.24, 2.45) is 0 Å². The standard InChI is InChI=1S/C19H18ClN3O4S2/c1-11-14(18(20)23(22-11)13-6-7-29(26,27)10-13)8-12(9-17(24)25)19-21-15-4-2-3-5-16(15)28-19/h2-5,8,13H,6-7,9-10H2,1H3,(H,24,25). The van der Waals surface area contributed by atoms with Crippen LogP contribution >= 0.6 is 22.9 Å². The number of thiazole rings is 1. The average Bonchev–Trinajstić information content (AvgIpc) is 3.31. The second-order valence-electron chi connectivity index (χ2n) is 7.02. The van der Waals surface area contributed by atoms with E-state index in [2.05, 4.69) is 10.1 Å². The topological polar surface area (TPSA) is 102 Å². The fourth-order valence-electron chi connectivity index (χ4n) is 3.44. The van der Waals surface area contributed by atoms with Crippen LogP contribution in [-0.4, -0.2) is 45.8 Å². The fourth-order valence-corrected chi connectivity index (χ4v) is 6.48. The van der Waals surface area contributed by atoms with Gasteiger partial charge in [0.2, 0.25) is 0 Å². The number of fused-ring (bicyclic) bond motifs is 1. The predicted octanol–water partition coefficient (Wildman–Crippen LogP) is 3.83. The van der Waals surface area contributed by atoms with Gasteiger partial charge in [-0.15, -0.1) is 11.3 Å². The molecule has 152 valence electrons. The monoisotopic (exact) mass is 451 g/mol. The van der Waals surface area contributed by atoms with Gasteiger partial charge in [-0.1, -0.05) is 23.7 Å². The summed E-state index contributed by atoms with van der Waals surface area (Å²) in [5, 5.41) is 14.8. The van der Waals surface area contributed by atoms with Crippen LogP contribution in [0.25, 0.3) is 21.9 Å². The Balaban J connectivity index is 1.77. The molecule has 1 aliphatic rings. The first-order valence-electron chi connectivity index (χ1n) is 8.97. The van der Waals surface area contributed by atoms with Crippen LogP contribution in [0.1, 0.15) is 35.1 Å². The van der Waals surface area contributed by atoms with Gasteiger partial charge >= 0.3 is 5.97 Å². The molecule has 2 aromatic heterocycles. The first kappa shape index (κ1) is 20.1. The smallest absolute Gasteiger partial charge is 0.307 e. The first-order chi connectivity index (χ1) is 13.7. The summed E-state index contributed by atoms with van der Waals surface area (Å²) < 4.78 is 26.1. The van der Waals surface area contributed by atoms with Crippen LogP contribution in [-0.2, 0) is 14.6 Å². The number of para-hydroxylation sites is 1. The summed E-state index contributed by atoms with van der Waals surface area (Å²) >= 11 is 7.96. The van der Waals surface area contributed by atoms with Crippen LogP contribution in [0.5, 0.6) is 0 Å². The Labute approximate surface area is 176 Å². The number of rotatable bonds is 5. The van der Waals surface area contributed by atoms with Gasteiger partial charge in [-0.2, -0.15) is 5.10 Å². The third-order valence-corrected chi connectivity index (χ3v) is 8.09. The van der Waals surface area contributed by atoms with Crippen molar-refractivity contribution in [3.8, 4) is 0 Å². The number of nitrogens with zero attached hydrogens (tertiary/aromatic N) is 3. The number of aryl methyl sites for hydroxylation is 1. The summed E-state index contributed by atoms with van der Waals surface area (Å²) in [6.45, 7) is 1.77. The summed E-state index contributed by atoms with van der Waals surface area (Å²) in [5.41, 5.74) is 2.54. The molecule has 1 unspecified atom stereocenters. The van der Waals surface area contributed by atoms with Crippen LogP contribution in [0.4, 0.5) is 0 Å². The molecule has 0 spiro atoms. The fraction of sp³-hybridized carbons (Fsp3) is 0.316. The first-order valence-corrected chi connectivity index (χ1v) is 12.0. The van der Waals surface area contributed by atoms with Crippen molar-refractivity contribution in [1.29, 1.82) is 0 Å². The largest absolute Gasteiger partial charge is 0.481 e. The van der Waals surface area contributed by atoms with Gasteiger partial charge < -0.3 is 5.11 Å². The molecule has 1 aliphatic heterocycles. The maximum absolute atomic E-state index is 11.8. The minimum atomic E-state index is -3.08. The number of aromatic nitrogens is 3. The molecule has 29 heavy (non-hydrogen) atoms. The number of hydrogen-bond donors (Lipinski definition) is 1.